The molecule has 2 rings (SSSR count). The number of nitrogens with zero attached hydrogens (tertiary/aromatic N) is 2. The number of hydrogen-bond acceptors (Lipinski definition) is 4. The zero-order valence-electron chi connectivity index (χ0n) is 10.7. The molecule has 0 aliphatic carbocycles. The van der Waals surface area contributed by atoms with Crippen LogP contribution in [0.4, 0.5) is 19.1 Å². The first-order valence-corrected chi connectivity index (χ1v) is 5.87. The Labute approximate surface area is 113 Å². The monoisotopic (exact) mass is 282 g/mol. The molecule has 7 heteroatoms. The fourth-order valence-corrected chi connectivity index (χ4v) is 1.69. The van der Waals surface area contributed by atoms with Crippen molar-refractivity contribution in [3.05, 3.63) is 41.6 Å². The third-order valence-corrected chi connectivity index (χ3v) is 2.72. The van der Waals surface area contributed by atoms with Gasteiger partial charge in [0.15, 0.2) is 0 Å². The van der Waals surface area contributed by atoms with Crippen molar-refractivity contribution in [2.24, 2.45) is 5.73 Å². The molecule has 0 fully saturated rings. The highest BCUT2D eigenvalue weighted by molar-refractivity contribution is 5.61. The van der Waals surface area contributed by atoms with Gasteiger partial charge in [0, 0.05) is 19.2 Å². The maximum absolute atomic E-state index is 12.5. The molecule has 0 saturated heterocycles. The predicted molar refractivity (Wildman–Crippen MR) is 69.9 cm³/mol. The molecule has 0 radical (unpaired) electrons. The molecule has 0 bridgehead atoms. The van der Waals surface area contributed by atoms with Gasteiger partial charge in [0.25, 0.3) is 0 Å². The highest BCUT2D eigenvalue weighted by atomic mass is 19.4. The summed E-state index contributed by atoms with van der Waals surface area (Å²) in [6.45, 7) is 0.227. The molecule has 1 aromatic heterocycles. The largest absolute Gasteiger partial charge is 0.416 e. The molecule has 106 valence electrons. The number of anilines is 1. The van der Waals surface area contributed by atoms with Crippen LogP contribution in [-0.2, 0) is 12.7 Å². The summed E-state index contributed by atoms with van der Waals surface area (Å²) in [6, 6.07) is 6.47. The second kappa shape index (κ2) is 5.46. The van der Waals surface area contributed by atoms with Crippen molar-refractivity contribution < 1.29 is 13.2 Å². The average molecular weight is 282 g/mol. The molecule has 3 N–H and O–H groups in total. The summed E-state index contributed by atoms with van der Waals surface area (Å²) in [6.07, 6.45) is -4.34. The summed E-state index contributed by atoms with van der Waals surface area (Å²) >= 11 is 0. The maximum Gasteiger partial charge on any atom is 0.416 e. The van der Waals surface area contributed by atoms with Crippen LogP contribution in [0.1, 0.15) is 11.3 Å². The van der Waals surface area contributed by atoms with Gasteiger partial charge in [-0.3, -0.25) is 0 Å². The average Bonchev–Trinajstić information content (AvgIpc) is 2.46. The Morgan fingerprint density at radius 3 is 2.30 bits per heavy atom. The van der Waals surface area contributed by atoms with Crippen molar-refractivity contribution in [3.63, 3.8) is 0 Å². The first-order valence-electron chi connectivity index (χ1n) is 5.87. The number of hydrogen-bond donors (Lipinski definition) is 2. The summed E-state index contributed by atoms with van der Waals surface area (Å²) in [5.41, 5.74) is 6.56. The Kier molecular flexibility index (Phi) is 3.89. The lowest BCUT2D eigenvalue weighted by atomic mass is 10.1. The second-order valence-electron chi connectivity index (χ2n) is 4.10. The summed E-state index contributed by atoms with van der Waals surface area (Å²) in [4.78, 5) is 8.33. The summed E-state index contributed by atoms with van der Waals surface area (Å²) in [5, 5.41) is 2.79. The lowest BCUT2D eigenvalue weighted by Crippen LogP contribution is -2.06. The number of alkyl halides is 3. The number of nitrogens with two attached hydrogens (primary N) is 1. The molecule has 0 aliphatic heterocycles. The molecule has 0 amide bonds. The molecule has 1 heterocycles. The van der Waals surface area contributed by atoms with E-state index < -0.39 is 11.7 Å². The fourth-order valence-electron chi connectivity index (χ4n) is 1.69. The maximum atomic E-state index is 12.5. The molecule has 20 heavy (non-hydrogen) atoms. The lowest BCUT2D eigenvalue weighted by Gasteiger charge is -2.09. The summed E-state index contributed by atoms with van der Waals surface area (Å²) in [5.74, 6) is 0.378. The van der Waals surface area contributed by atoms with Crippen LogP contribution in [-0.4, -0.2) is 17.0 Å². The summed E-state index contributed by atoms with van der Waals surface area (Å²) < 4.78 is 37.5. The number of benzene rings is 1. The molecule has 0 atom stereocenters. The lowest BCUT2D eigenvalue weighted by molar-refractivity contribution is -0.137. The smallest absolute Gasteiger partial charge is 0.357 e. The quantitative estimate of drug-likeness (QED) is 0.908. The van der Waals surface area contributed by atoms with Crippen molar-refractivity contribution in [1.82, 2.24) is 9.97 Å². The van der Waals surface area contributed by atoms with E-state index in [2.05, 4.69) is 15.3 Å². The third kappa shape index (κ3) is 3.05. The van der Waals surface area contributed by atoms with Crippen molar-refractivity contribution >= 4 is 5.95 Å². The first-order chi connectivity index (χ1) is 9.44. The van der Waals surface area contributed by atoms with E-state index >= 15 is 0 Å². The van der Waals surface area contributed by atoms with E-state index in [9.17, 15) is 13.2 Å². The SMILES string of the molecule is CNc1nc(CN)cc(-c2ccc(C(F)(F)F)cc2)n1. The van der Waals surface area contributed by atoms with E-state index in [0.29, 0.717) is 22.9 Å². The normalized spacial score (nSPS) is 11.4. The number of halogens is 3. The van der Waals surface area contributed by atoms with E-state index in [1.807, 2.05) is 0 Å². The van der Waals surface area contributed by atoms with Crippen molar-refractivity contribution in [2.45, 2.75) is 12.7 Å². The molecule has 1 aromatic carbocycles. The van der Waals surface area contributed by atoms with Crippen LogP contribution >= 0.6 is 0 Å². The van der Waals surface area contributed by atoms with Crippen LogP contribution < -0.4 is 11.1 Å². The van der Waals surface area contributed by atoms with Crippen LogP contribution in [0.15, 0.2) is 30.3 Å². The molecule has 0 unspecified atom stereocenters. The van der Waals surface area contributed by atoms with Gasteiger partial charge in [-0.1, -0.05) is 12.1 Å². The second-order valence-corrected chi connectivity index (χ2v) is 4.10. The van der Waals surface area contributed by atoms with Gasteiger partial charge in [0.2, 0.25) is 5.95 Å². The Morgan fingerprint density at radius 2 is 1.80 bits per heavy atom. The predicted octanol–water partition coefficient (Wildman–Crippen LogP) is 2.66. The first kappa shape index (κ1) is 14.3. The molecule has 0 spiro atoms. The summed E-state index contributed by atoms with van der Waals surface area (Å²) in [7, 11) is 1.66. The molecule has 2 aromatic rings. The minimum absolute atomic E-state index is 0.227. The van der Waals surface area contributed by atoms with Gasteiger partial charge in [-0.25, -0.2) is 9.97 Å². The van der Waals surface area contributed by atoms with E-state index in [4.69, 9.17) is 5.73 Å². The van der Waals surface area contributed by atoms with Crippen LogP contribution in [0.2, 0.25) is 0 Å². The highest BCUT2D eigenvalue weighted by Crippen LogP contribution is 2.30. The Balaban J connectivity index is 2.41. The van der Waals surface area contributed by atoms with Crippen LogP contribution in [0.25, 0.3) is 11.3 Å². The van der Waals surface area contributed by atoms with E-state index in [0.717, 1.165) is 12.1 Å². The van der Waals surface area contributed by atoms with Crippen molar-refractivity contribution in [2.75, 3.05) is 12.4 Å². The fraction of sp³-hybridized carbons (Fsp3) is 0.231. The van der Waals surface area contributed by atoms with Crippen molar-refractivity contribution in [1.29, 1.82) is 0 Å². The third-order valence-electron chi connectivity index (χ3n) is 2.72. The van der Waals surface area contributed by atoms with E-state index in [1.54, 1.807) is 13.1 Å². The topological polar surface area (TPSA) is 63.8 Å². The van der Waals surface area contributed by atoms with E-state index in [-0.39, 0.29) is 6.54 Å². The standard InChI is InChI=1S/C13H13F3N4/c1-18-12-19-10(7-17)6-11(20-12)8-2-4-9(5-3-8)13(14,15)16/h2-6H,7,17H2,1H3,(H,18,19,20). The highest BCUT2D eigenvalue weighted by Gasteiger charge is 2.30. The Bertz CT molecular complexity index is 571. The minimum Gasteiger partial charge on any atom is -0.357 e. The van der Waals surface area contributed by atoms with Crippen LogP contribution in [0.3, 0.4) is 0 Å². The Morgan fingerprint density at radius 1 is 1.15 bits per heavy atom. The van der Waals surface area contributed by atoms with E-state index in [1.165, 1.54) is 12.1 Å². The minimum atomic E-state index is -4.34. The zero-order valence-corrected chi connectivity index (χ0v) is 10.7. The van der Waals surface area contributed by atoms with Gasteiger partial charge in [-0.05, 0) is 18.2 Å². The molecular weight excluding hydrogens is 269 g/mol. The van der Waals surface area contributed by atoms with Gasteiger partial charge >= 0.3 is 6.18 Å². The number of rotatable bonds is 3. The number of aromatic nitrogens is 2. The van der Waals surface area contributed by atoms with Crippen LogP contribution in [0.5, 0.6) is 0 Å². The van der Waals surface area contributed by atoms with Gasteiger partial charge in [-0.2, -0.15) is 13.2 Å². The van der Waals surface area contributed by atoms with Gasteiger partial charge in [0.1, 0.15) is 0 Å². The molecule has 0 aliphatic rings. The van der Waals surface area contributed by atoms with Gasteiger partial charge < -0.3 is 11.1 Å². The van der Waals surface area contributed by atoms with Gasteiger partial charge in [-0.15, -0.1) is 0 Å². The molecule has 4 nitrogen and oxygen atoms in total. The molecular formula is C13H13F3N4. The van der Waals surface area contributed by atoms with Crippen LogP contribution in [0, 0.1) is 0 Å². The Hall–Kier alpha value is -2.15. The molecule has 0 saturated carbocycles. The zero-order chi connectivity index (χ0) is 14.8. The number of nitrogens with one attached hydrogen (secondary N) is 1. The van der Waals surface area contributed by atoms with Gasteiger partial charge in [0.05, 0.1) is 17.0 Å². The van der Waals surface area contributed by atoms with Crippen molar-refractivity contribution in [3.8, 4) is 11.3 Å².